The van der Waals surface area contributed by atoms with Crippen LogP contribution in [0.5, 0.6) is 11.5 Å². The Hall–Kier alpha value is -2.60. The highest BCUT2D eigenvalue weighted by atomic mass is 32.1. The predicted octanol–water partition coefficient (Wildman–Crippen LogP) is 5.56. The van der Waals surface area contributed by atoms with E-state index in [9.17, 15) is 4.79 Å². The van der Waals surface area contributed by atoms with Crippen molar-refractivity contribution < 1.29 is 14.3 Å². The molecule has 0 atom stereocenters. The molecule has 2 rings (SSSR count). The average Bonchev–Trinajstić information content (AvgIpc) is 2.73. The summed E-state index contributed by atoms with van der Waals surface area (Å²) in [6.07, 6.45) is 5.58. The summed E-state index contributed by atoms with van der Waals surface area (Å²) in [5.41, 5.74) is 1.24. The molecule has 0 spiro atoms. The molecule has 0 aliphatic heterocycles. The van der Waals surface area contributed by atoms with E-state index >= 15 is 0 Å². The molecule has 2 aromatic carbocycles. The molecule has 156 valence electrons. The first-order valence-corrected chi connectivity index (χ1v) is 10.6. The summed E-state index contributed by atoms with van der Waals surface area (Å²) in [5.74, 6) is 1.07. The standard InChI is InChI=1S/C23H30N2O3S/c1-3-5-6-9-17-27-19-14-12-18(13-15-19)24-23(29)25-22(26)20-10-7-8-11-21(20)28-16-4-2/h7-8,10-15H,3-6,9,16-17H2,1-2H3,(H2,24,25,26,29). The van der Waals surface area contributed by atoms with Crippen molar-refractivity contribution >= 4 is 28.9 Å². The van der Waals surface area contributed by atoms with E-state index in [1.54, 1.807) is 18.2 Å². The minimum absolute atomic E-state index is 0.230. The lowest BCUT2D eigenvalue weighted by atomic mass is 10.2. The summed E-state index contributed by atoms with van der Waals surface area (Å²) < 4.78 is 11.4. The van der Waals surface area contributed by atoms with Crippen molar-refractivity contribution in [3.8, 4) is 11.5 Å². The lowest BCUT2D eigenvalue weighted by Gasteiger charge is -2.13. The Morgan fingerprint density at radius 1 is 0.897 bits per heavy atom. The molecule has 0 bridgehead atoms. The van der Waals surface area contributed by atoms with Crippen molar-refractivity contribution in [2.45, 2.75) is 46.0 Å². The van der Waals surface area contributed by atoms with Crippen LogP contribution in [0.25, 0.3) is 0 Å². The molecule has 2 aromatic rings. The third-order valence-electron chi connectivity index (χ3n) is 4.20. The van der Waals surface area contributed by atoms with Crippen molar-refractivity contribution in [1.82, 2.24) is 5.32 Å². The van der Waals surface area contributed by atoms with Gasteiger partial charge in [-0.3, -0.25) is 10.1 Å². The lowest BCUT2D eigenvalue weighted by Crippen LogP contribution is -2.34. The fraction of sp³-hybridized carbons (Fsp3) is 0.391. The Morgan fingerprint density at radius 2 is 1.66 bits per heavy atom. The first-order valence-electron chi connectivity index (χ1n) is 10.2. The maximum absolute atomic E-state index is 12.5. The van der Waals surface area contributed by atoms with Gasteiger partial charge in [0, 0.05) is 5.69 Å². The third-order valence-corrected chi connectivity index (χ3v) is 4.40. The first-order chi connectivity index (χ1) is 14.1. The zero-order chi connectivity index (χ0) is 20.9. The quantitative estimate of drug-likeness (QED) is 0.372. The molecule has 0 aliphatic carbocycles. The molecule has 1 amide bonds. The van der Waals surface area contributed by atoms with Gasteiger partial charge in [-0.15, -0.1) is 0 Å². The number of hydrogen-bond acceptors (Lipinski definition) is 4. The van der Waals surface area contributed by atoms with E-state index < -0.39 is 0 Å². The van der Waals surface area contributed by atoms with Crippen LogP contribution >= 0.6 is 12.2 Å². The van der Waals surface area contributed by atoms with Gasteiger partial charge in [0.2, 0.25) is 0 Å². The molecular weight excluding hydrogens is 384 g/mol. The maximum atomic E-state index is 12.5. The number of benzene rings is 2. The molecule has 29 heavy (non-hydrogen) atoms. The predicted molar refractivity (Wildman–Crippen MR) is 122 cm³/mol. The van der Waals surface area contributed by atoms with Crippen LogP contribution in [0.4, 0.5) is 5.69 Å². The number of unbranched alkanes of at least 4 members (excludes halogenated alkanes) is 3. The number of nitrogens with one attached hydrogen (secondary N) is 2. The van der Waals surface area contributed by atoms with Gasteiger partial charge in [0.1, 0.15) is 11.5 Å². The van der Waals surface area contributed by atoms with E-state index in [1.165, 1.54) is 19.3 Å². The molecule has 0 unspecified atom stereocenters. The Bertz CT molecular complexity index is 778. The Kier molecular flexibility index (Phi) is 10.00. The number of anilines is 1. The molecule has 6 heteroatoms. The van der Waals surface area contributed by atoms with Gasteiger partial charge in [0.15, 0.2) is 5.11 Å². The van der Waals surface area contributed by atoms with E-state index in [0.717, 1.165) is 30.9 Å². The highest BCUT2D eigenvalue weighted by molar-refractivity contribution is 7.80. The number of thiocarbonyl (C=S) groups is 1. The van der Waals surface area contributed by atoms with Crippen molar-refractivity contribution in [2.24, 2.45) is 0 Å². The van der Waals surface area contributed by atoms with Crippen molar-refractivity contribution in [3.63, 3.8) is 0 Å². The van der Waals surface area contributed by atoms with E-state index in [-0.39, 0.29) is 11.0 Å². The largest absolute Gasteiger partial charge is 0.494 e. The summed E-state index contributed by atoms with van der Waals surface area (Å²) in [6, 6.07) is 14.7. The average molecular weight is 415 g/mol. The van der Waals surface area contributed by atoms with Gasteiger partial charge in [-0.2, -0.15) is 0 Å². The molecule has 2 N–H and O–H groups in total. The molecule has 0 saturated heterocycles. The summed E-state index contributed by atoms with van der Waals surface area (Å²) >= 11 is 5.27. The first kappa shape index (κ1) is 22.7. The topological polar surface area (TPSA) is 59.6 Å². The minimum Gasteiger partial charge on any atom is -0.494 e. The zero-order valence-electron chi connectivity index (χ0n) is 17.2. The van der Waals surface area contributed by atoms with Gasteiger partial charge in [-0.05, 0) is 61.5 Å². The van der Waals surface area contributed by atoms with Crippen LogP contribution in [0.2, 0.25) is 0 Å². The molecule has 0 radical (unpaired) electrons. The number of carbonyl (C=O) groups is 1. The van der Waals surface area contributed by atoms with E-state index in [4.69, 9.17) is 21.7 Å². The summed E-state index contributed by atoms with van der Waals surface area (Å²) in [6.45, 7) is 5.49. The van der Waals surface area contributed by atoms with Crippen LogP contribution in [-0.2, 0) is 0 Å². The van der Waals surface area contributed by atoms with Crippen LogP contribution in [-0.4, -0.2) is 24.2 Å². The molecule has 0 aliphatic rings. The second-order valence-corrected chi connectivity index (χ2v) is 7.09. The molecule has 0 saturated carbocycles. The maximum Gasteiger partial charge on any atom is 0.261 e. The van der Waals surface area contributed by atoms with Gasteiger partial charge < -0.3 is 14.8 Å². The second-order valence-electron chi connectivity index (χ2n) is 6.69. The highest BCUT2D eigenvalue weighted by Crippen LogP contribution is 2.19. The van der Waals surface area contributed by atoms with Gasteiger partial charge >= 0.3 is 0 Å². The number of rotatable bonds is 11. The lowest BCUT2D eigenvalue weighted by molar-refractivity contribution is 0.0973. The molecule has 5 nitrogen and oxygen atoms in total. The monoisotopic (exact) mass is 414 g/mol. The fourth-order valence-corrected chi connectivity index (χ4v) is 2.89. The molecular formula is C23H30N2O3S. The number of hydrogen-bond donors (Lipinski definition) is 2. The summed E-state index contributed by atoms with van der Waals surface area (Å²) in [5, 5.41) is 5.95. The summed E-state index contributed by atoms with van der Waals surface area (Å²) in [7, 11) is 0. The Morgan fingerprint density at radius 3 is 2.38 bits per heavy atom. The van der Waals surface area contributed by atoms with Crippen molar-refractivity contribution in [3.05, 3.63) is 54.1 Å². The number of ether oxygens (including phenoxy) is 2. The highest BCUT2D eigenvalue weighted by Gasteiger charge is 2.13. The normalized spacial score (nSPS) is 10.3. The van der Waals surface area contributed by atoms with Gasteiger partial charge in [0.25, 0.3) is 5.91 Å². The minimum atomic E-state index is -0.304. The van der Waals surface area contributed by atoms with E-state index in [2.05, 4.69) is 17.6 Å². The number of carbonyl (C=O) groups excluding carboxylic acids is 1. The molecule has 0 heterocycles. The smallest absolute Gasteiger partial charge is 0.261 e. The molecule has 0 aromatic heterocycles. The van der Waals surface area contributed by atoms with Crippen LogP contribution in [0.1, 0.15) is 56.3 Å². The van der Waals surface area contributed by atoms with E-state index in [1.807, 2.05) is 37.3 Å². The van der Waals surface area contributed by atoms with Crippen LogP contribution < -0.4 is 20.1 Å². The van der Waals surface area contributed by atoms with Gasteiger partial charge in [-0.25, -0.2) is 0 Å². The Labute approximate surface area is 178 Å². The van der Waals surface area contributed by atoms with Crippen molar-refractivity contribution in [1.29, 1.82) is 0 Å². The number of para-hydroxylation sites is 1. The van der Waals surface area contributed by atoms with Crippen molar-refractivity contribution in [2.75, 3.05) is 18.5 Å². The third kappa shape index (κ3) is 8.11. The fourth-order valence-electron chi connectivity index (χ4n) is 2.68. The van der Waals surface area contributed by atoms with Gasteiger partial charge in [-0.1, -0.05) is 45.2 Å². The second kappa shape index (κ2) is 12.8. The van der Waals surface area contributed by atoms with Crippen LogP contribution in [0.3, 0.4) is 0 Å². The van der Waals surface area contributed by atoms with Crippen LogP contribution in [0, 0.1) is 0 Å². The van der Waals surface area contributed by atoms with E-state index in [0.29, 0.717) is 17.9 Å². The summed E-state index contributed by atoms with van der Waals surface area (Å²) in [4.78, 5) is 12.5. The Balaban J connectivity index is 1.84. The van der Waals surface area contributed by atoms with Crippen LogP contribution in [0.15, 0.2) is 48.5 Å². The van der Waals surface area contributed by atoms with Gasteiger partial charge in [0.05, 0.1) is 18.8 Å². The SMILES string of the molecule is CCCCCCOc1ccc(NC(=S)NC(=O)c2ccccc2OCCC)cc1. The molecule has 0 fully saturated rings. The number of amides is 1. The zero-order valence-corrected chi connectivity index (χ0v) is 18.0.